The van der Waals surface area contributed by atoms with Crippen molar-refractivity contribution in [3.63, 3.8) is 0 Å². The SMILES string of the molecule is CCCCCCCCCCCCCCCCCCC(=O)OC[C@H](O)COC(=O)CCC[C@@H](O)/C=C/C=C\C/C=C\C=C\[C@@H](O)CCCCC. The van der Waals surface area contributed by atoms with Crippen LogP contribution in [0.2, 0.25) is 0 Å². The molecule has 3 atom stereocenters. The molecule has 0 aromatic heterocycles. The molecule has 0 bridgehead atoms. The molecule has 0 saturated carbocycles. The molecular weight excluding hydrogens is 616 g/mol. The lowest BCUT2D eigenvalue weighted by Crippen LogP contribution is -2.25. The lowest BCUT2D eigenvalue weighted by Gasteiger charge is -2.12. The molecule has 0 fully saturated rings. The summed E-state index contributed by atoms with van der Waals surface area (Å²) in [5, 5.41) is 29.9. The maximum absolute atomic E-state index is 12.0. The average Bonchev–Trinajstić information content (AvgIpc) is 3.09. The third-order valence-electron chi connectivity index (χ3n) is 8.53. The van der Waals surface area contributed by atoms with Crippen LogP contribution < -0.4 is 0 Å². The zero-order chi connectivity index (χ0) is 36.0. The zero-order valence-corrected chi connectivity index (χ0v) is 31.4. The molecule has 0 aromatic carbocycles. The molecule has 0 spiro atoms. The second kappa shape index (κ2) is 37.0. The minimum Gasteiger partial charge on any atom is -0.463 e. The van der Waals surface area contributed by atoms with Gasteiger partial charge >= 0.3 is 11.9 Å². The van der Waals surface area contributed by atoms with Crippen LogP contribution in [0.4, 0.5) is 0 Å². The van der Waals surface area contributed by atoms with E-state index in [0.29, 0.717) is 19.3 Å². The van der Waals surface area contributed by atoms with Gasteiger partial charge in [-0.1, -0.05) is 178 Å². The highest BCUT2D eigenvalue weighted by Crippen LogP contribution is 2.14. The minimum atomic E-state index is -1.05. The molecule has 0 aliphatic heterocycles. The Morgan fingerprint density at radius 3 is 1.31 bits per heavy atom. The van der Waals surface area contributed by atoms with Crippen molar-refractivity contribution in [2.75, 3.05) is 13.2 Å². The van der Waals surface area contributed by atoms with Crippen LogP contribution in [-0.2, 0) is 19.1 Å². The van der Waals surface area contributed by atoms with Gasteiger partial charge in [0.25, 0.3) is 0 Å². The Morgan fingerprint density at radius 1 is 0.490 bits per heavy atom. The number of hydrogen-bond donors (Lipinski definition) is 3. The maximum atomic E-state index is 12.0. The summed E-state index contributed by atoms with van der Waals surface area (Å²) >= 11 is 0. The van der Waals surface area contributed by atoms with E-state index in [4.69, 9.17) is 9.47 Å². The van der Waals surface area contributed by atoms with Crippen LogP contribution in [0.25, 0.3) is 0 Å². The molecule has 0 rings (SSSR count). The van der Waals surface area contributed by atoms with Crippen LogP contribution in [0.1, 0.15) is 174 Å². The van der Waals surface area contributed by atoms with Gasteiger partial charge in [-0.25, -0.2) is 0 Å². The summed E-state index contributed by atoms with van der Waals surface area (Å²) in [5.41, 5.74) is 0. The van der Waals surface area contributed by atoms with Gasteiger partial charge in [0.1, 0.15) is 19.3 Å². The van der Waals surface area contributed by atoms with E-state index in [1.165, 1.54) is 83.5 Å². The highest BCUT2D eigenvalue weighted by Gasteiger charge is 2.12. The van der Waals surface area contributed by atoms with E-state index in [1.54, 1.807) is 12.2 Å². The maximum Gasteiger partial charge on any atom is 0.305 e. The van der Waals surface area contributed by atoms with E-state index in [9.17, 15) is 24.9 Å². The Morgan fingerprint density at radius 2 is 0.857 bits per heavy atom. The number of unbranched alkanes of at least 4 members (excludes halogenated alkanes) is 17. The van der Waals surface area contributed by atoms with Crippen LogP contribution in [0.5, 0.6) is 0 Å². The fourth-order valence-corrected chi connectivity index (χ4v) is 5.42. The number of esters is 2. The average molecular weight is 691 g/mol. The van der Waals surface area contributed by atoms with E-state index in [0.717, 1.165) is 51.4 Å². The fourth-order valence-electron chi connectivity index (χ4n) is 5.42. The van der Waals surface area contributed by atoms with Crippen molar-refractivity contribution in [2.45, 2.75) is 193 Å². The van der Waals surface area contributed by atoms with Crippen molar-refractivity contribution in [2.24, 2.45) is 0 Å². The van der Waals surface area contributed by atoms with E-state index >= 15 is 0 Å². The lowest BCUT2D eigenvalue weighted by molar-refractivity contribution is -0.152. The number of carbonyl (C=O) groups excluding carboxylic acids is 2. The number of rotatable bonds is 35. The number of carbonyl (C=O) groups is 2. The van der Waals surface area contributed by atoms with E-state index in [-0.39, 0.29) is 31.7 Å². The summed E-state index contributed by atoms with van der Waals surface area (Å²) in [4.78, 5) is 23.9. The predicted octanol–water partition coefficient (Wildman–Crippen LogP) is 10.2. The third-order valence-corrected chi connectivity index (χ3v) is 8.53. The molecule has 0 unspecified atom stereocenters. The standard InChI is InChI=1S/C42H74O7/c1-3-5-7-8-9-10-11-12-13-14-15-16-17-21-24-28-34-41(46)48-36-40(45)37-49-42(47)35-29-33-39(44)32-27-23-20-18-19-22-26-31-38(43)30-25-6-4-2/h19-20,22-23,26-27,31-32,38-40,43-45H,3-18,21,24-25,28-30,33-37H2,1-2H3/b22-19-,23-20-,31-26+,32-27+/t38-,39-,40-/m0/s1. The van der Waals surface area contributed by atoms with E-state index in [1.807, 2.05) is 36.5 Å². The molecule has 0 heterocycles. The van der Waals surface area contributed by atoms with Gasteiger partial charge in [-0.05, 0) is 32.1 Å². The number of aliphatic hydroxyl groups excluding tert-OH is 3. The number of ether oxygens (including phenoxy) is 2. The Balaban J connectivity index is 3.66. The molecule has 284 valence electrons. The van der Waals surface area contributed by atoms with Crippen LogP contribution >= 0.6 is 0 Å². The van der Waals surface area contributed by atoms with Gasteiger partial charge in [0, 0.05) is 12.8 Å². The van der Waals surface area contributed by atoms with Crippen molar-refractivity contribution in [1.29, 1.82) is 0 Å². The van der Waals surface area contributed by atoms with Crippen LogP contribution in [0.3, 0.4) is 0 Å². The first-order chi connectivity index (χ1) is 23.9. The Kier molecular flexibility index (Phi) is 35.4. The van der Waals surface area contributed by atoms with Gasteiger partial charge < -0.3 is 24.8 Å². The molecular formula is C42H74O7. The summed E-state index contributed by atoms with van der Waals surface area (Å²) in [6, 6.07) is 0. The fraction of sp³-hybridized carbons (Fsp3) is 0.762. The van der Waals surface area contributed by atoms with Gasteiger partial charge in [-0.3, -0.25) is 9.59 Å². The zero-order valence-electron chi connectivity index (χ0n) is 31.4. The van der Waals surface area contributed by atoms with Crippen LogP contribution in [-0.4, -0.2) is 58.8 Å². The third kappa shape index (κ3) is 36.9. The second-order valence-electron chi connectivity index (χ2n) is 13.5. The number of allylic oxidation sites excluding steroid dienone is 6. The van der Waals surface area contributed by atoms with Crippen molar-refractivity contribution in [3.05, 3.63) is 48.6 Å². The topological polar surface area (TPSA) is 113 Å². The molecule has 7 heteroatoms. The number of hydrogen-bond acceptors (Lipinski definition) is 7. The molecule has 0 aliphatic carbocycles. The van der Waals surface area contributed by atoms with Gasteiger partial charge in [-0.15, -0.1) is 0 Å². The lowest BCUT2D eigenvalue weighted by atomic mass is 10.0. The number of aliphatic hydroxyl groups is 3. The van der Waals surface area contributed by atoms with Gasteiger partial charge in [0.2, 0.25) is 0 Å². The van der Waals surface area contributed by atoms with Crippen molar-refractivity contribution < 1.29 is 34.4 Å². The summed E-state index contributed by atoms with van der Waals surface area (Å²) in [6.45, 7) is 4.01. The van der Waals surface area contributed by atoms with Crippen molar-refractivity contribution in [3.8, 4) is 0 Å². The Labute approximate surface area is 300 Å². The van der Waals surface area contributed by atoms with E-state index in [2.05, 4.69) is 13.8 Å². The second-order valence-corrected chi connectivity index (χ2v) is 13.5. The predicted molar refractivity (Wildman–Crippen MR) is 203 cm³/mol. The van der Waals surface area contributed by atoms with Crippen molar-refractivity contribution in [1.82, 2.24) is 0 Å². The molecule has 0 radical (unpaired) electrons. The summed E-state index contributed by atoms with van der Waals surface area (Å²) < 4.78 is 10.2. The van der Waals surface area contributed by atoms with E-state index < -0.39 is 18.2 Å². The Bertz CT molecular complexity index is 863. The molecule has 3 N–H and O–H groups in total. The molecule has 49 heavy (non-hydrogen) atoms. The summed E-state index contributed by atoms with van der Waals surface area (Å²) in [7, 11) is 0. The van der Waals surface area contributed by atoms with Crippen LogP contribution in [0.15, 0.2) is 48.6 Å². The van der Waals surface area contributed by atoms with Gasteiger partial charge in [0.05, 0.1) is 12.2 Å². The van der Waals surface area contributed by atoms with Gasteiger partial charge in [-0.2, -0.15) is 0 Å². The first kappa shape index (κ1) is 46.8. The monoisotopic (exact) mass is 691 g/mol. The summed E-state index contributed by atoms with van der Waals surface area (Å²) in [5.74, 6) is -0.783. The highest BCUT2D eigenvalue weighted by atomic mass is 16.6. The molecule has 0 saturated heterocycles. The van der Waals surface area contributed by atoms with Gasteiger partial charge in [0.15, 0.2) is 0 Å². The summed E-state index contributed by atoms with van der Waals surface area (Å²) in [6.07, 6.45) is 39.5. The molecule has 0 aliphatic rings. The first-order valence-corrected chi connectivity index (χ1v) is 19.9. The smallest absolute Gasteiger partial charge is 0.305 e. The molecule has 0 aromatic rings. The largest absolute Gasteiger partial charge is 0.463 e. The quantitative estimate of drug-likeness (QED) is 0.0345. The Hall–Kier alpha value is -2.22. The minimum absolute atomic E-state index is 0.137. The highest BCUT2D eigenvalue weighted by molar-refractivity contribution is 5.69. The van der Waals surface area contributed by atoms with Crippen LogP contribution in [0, 0.1) is 0 Å². The molecule has 0 amide bonds. The first-order valence-electron chi connectivity index (χ1n) is 19.9. The van der Waals surface area contributed by atoms with Crippen molar-refractivity contribution >= 4 is 11.9 Å². The molecule has 7 nitrogen and oxygen atoms in total. The normalized spacial score (nSPS) is 14.0.